The van der Waals surface area contributed by atoms with Gasteiger partial charge in [-0.05, 0) is 48.7 Å². The third-order valence-electron chi connectivity index (χ3n) is 2.59. The zero-order valence-electron chi connectivity index (χ0n) is 9.90. The van der Waals surface area contributed by atoms with Gasteiger partial charge in [0.1, 0.15) is 5.75 Å². The van der Waals surface area contributed by atoms with Gasteiger partial charge in [0.2, 0.25) is 0 Å². The average Bonchev–Trinajstić information content (AvgIpc) is 2.37. The van der Waals surface area contributed by atoms with Gasteiger partial charge in [0.25, 0.3) is 0 Å². The quantitative estimate of drug-likeness (QED) is 0.700. The molecular weight excluding hydrogens is 267 g/mol. The van der Waals surface area contributed by atoms with Crippen LogP contribution >= 0.6 is 23.2 Å². The summed E-state index contributed by atoms with van der Waals surface area (Å²) in [6, 6.07) is 15.4. The topological polar surface area (TPSA) is 9.23 Å². The van der Waals surface area contributed by atoms with Crippen molar-refractivity contribution in [2.45, 2.75) is 12.8 Å². The lowest BCUT2D eigenvalue weighted by molar-refractivity contribution is 0.311. The van der Waals surface area contributed by atoms with Gasteiger partial charge in [-0.15, -0.1) is 0 Å². The first-order valence-electron chi connectivity index (χ1n) is 5.87. The summed E-state index contributed by atoms with van der Waals surface area (Å²) >= 11 is 11.7. The third kappa shape index (κ3) is 4.25. The van der Waals surface area contributed by atoms with Gasteiger partial charge >= 0.3 is 0 Å². The molecule has 0 saturated carbocycles. The number of halogens is 2. The molecule has 94 valence electrons. The molecule has 2 rings (SSSR count). The smallest absolute Gasteiger partial charge is 0.120 e. The second-order valence-electron chi connectivity index (χ2n) is 4.04. The number of rotatable bonds is 5. The van der Waals surface area contributed by atoms with Crippen LogP contribution in [0.4, 0.5) is 0 Å². The van der Waals surface area contributed by atoms with Crippen LogP contribution in [-0.4, -0.2) is 6.61 Å². The second-order valence-corrected chi connectivity index (χ2v) is 4.91. The molecule has 0 unspecified atom stereocenters. The Labute approximate surface area is 117 Å². The number of hydrogen-bond acceptors (Lipinski definition) is 1. The molecule has 0 aliphatic heterocycles. The summed E-state index contributed by atoms with van der Waals surface area (Å²) in [7, 11) is 0. The monoisotopic (exact) mass is 280 g/mol. The summed E-state index contributed by atoms with van der Waals surface area (Å²) in [6.45, 7) is 0.684. The van der Waals surface area contributed by atoms with Crippen LogP contribution in [0.5, 0.6) is 5.75 Å². The van der Waals surface area contributed by atoms with Crippen LogP contribution in [0.2, 0.25) is 10.0 Å². The molecule has 0 N–H and O–H groups in total. The Kier molecular flexibility index (Phi) is 4.91. The van der Waals surface area contributed by atoms with Gasteiger partial charge < -0.3 is 4.74 Å². The van der Waals surface area contributed by atoms with Gasteiger partial charge in [-0.3, -0.25) is 0 Å². The normalized spacial score (nSPS) is 10.3. The number of aryl methyl sites for hydroxylation is 1. The van der Waals surface area contributed by atoms with Gasteiger partial charge in [-0.1, -0.05) is 41.4 Å². The SMILES string of the molecule is Clc1ccc(CCCOc2cccc(Cl)c2)cc1. The molecule has 18 heavy (non-hydrogen) atoms. The van der Waals surface area contributed by atoms with E-state index in [1.807, 2.05) is 48.5 Å². The Morgan fingerprint density at radius 1 is 0.889 bits per heavy atom. The first kappa shape index (κ1) is 13.3. The third-order valence-corrected chi connectivity index (χ3v) is 3.07. The van der Waals surface area contributed by atoms with Crippen LogP contribution in [0.15, 0.2) is 48.5 Å². The molecule has 1 nitrogen and oxygen atoms in total. The average molecular weight is 281 g/mol. The fraction of sp³-hybridized carbons (Fsp3) is 0.200. The molecule has 0 fully saturated rings. The van der Waals surface area contributed by atoms with Crippen molar-refractivity contribution in [3.63, 3.8) is 0 Å². The summed E-state index contributed by atoms with van der Waals surface area (Å²) < 4.78 is 5.62. The Morgan fingerprint density at radius 2 is 1.67 bits per heavy atom. The summed E-state index contributed by atoms with van der Waals surface area (Å²) in [6.07, 6.45) is 1.95. The summed E-state index contributed by atoms with van der Waals surface area (Å²) in [5.41, 5.74) is 1.27. The van der Waals surface area contributed by atoms with E-state index in [4.69, 9.17) is 27.9 Å². The minimum absolute atomic E-state index is 0.684. The van der Waals surface area contributed by atoms with Gasteiger partial charge in [0, 0.05) is 10.0 Å². The number of hydrogen-bond donors (Lipinski definition) is 0. The summed E-state index contributed by atoms with van der Waals surface area (Å²) in [5, 5.41) is 1.47. The van der Waals surface area contributed by atoms with Crippen molar-refractivity contribution in [3.05, 3.63) is 64.1 Å². The maximum absolute atomic E-state index is 5.88. The molecule has 0 aliphatic rings. The van der Waals surface area contributed by atoms with Crippen LogP contribution in [0.1, 0.15) is 12.0 Å². The first-order valence-corrected chi connectivity index (χ1v) is 6.62. The lowest BCUT2D eigenvalue weighted by Gasteiger charge is -2.06. The highest BCUT2D eigenvalue weighted by molar-refractivity contribution is 6.30. The highest BCUT2D eigenvalue weighted by Gasteiger charge is 1.97. The Bertz CT molecular complexity index is 494. The van der Waals surface area contributed by atoms with Crippen LogP contribution in [0.25, 0.3) is 0 Å². The Morgan fingerprint density at radius 3 is 2.39 bits per heavy atom. The molecule has 0 aromatic heterocycles. The predicted octanol–water partition coefficient (Wildman–Crippen LogP) is 5.01. The van der Waals surface area contributed by atoms with Crippen molar-refractivity contribution in [1.82, 2.24) is 0 Å². The van der Waals surface area contributed by atoms with Gasteiger partial charge in [-0.2, -0.15) is 0 Å². The molecule has 0 radical (unpaired) electrons. The van der Waals surface area contributed by atoms with E-state index in [1.54, 1.807) is 0 Å². The van der Waals surface area contributed by atoms with Gasteiger partial charge in [0.05, 0.1) is 6.61 Å². The number of benzene rings is 2. The van der Waals surface area contributed by atoms with Crippen molar-refractivity contribution in [2.24, 2.45) is 0 Å². The van der Waals surface area contributed by atoms with E-state index in [2.05, 4.69) is 0 Å². The zero-order valence-corrected chi connectivity index (χ0v) is 11.4. The van der Waals surface area contributed by atoms with Gasteiger partial charge in [0.15, 0.2) is 0 Å². The second kappa shape index (κ2) is 6.67. The lowest BCUT2D eigenvalue weighted by Crippen LogP contribution is -1.99. The Balaban J connectivity index is 1.74. The molecule has 0 atom stereocenters. The standard InChI is InChI=1S/C15H14Cl2O/c16-13-8-6-12(7-9-13)3-2-10-18-15-5-1-4-14(17)11-15/h1,4-9,11H,2-3,10H2. The first-order chi connectivity index (χ1) is 8.74. The van der Waals surface area contributed by atoms with E-state index >= 15 is 0 Å². The minimum Gasteiger partial charge on any atom is -0.494 e. The van der Waals surface area contributed by atoms with Crippen molar-refractivity contribution < 1.29 is 4.74 Å². The van der Waals surface area contributed by atoms with Crippen LogP contribution in [-0.2, 0) is 6.42 Å². The fourth-order valence-corrected chi connectivity index (χ4v) is 1.98. The predicted molar refractivity (Wildman–Crippen MR) is 76.7 cm³/mol. The number of ether oxygens (including phenoxy) is 1. The molecule has 0 saturated heterocycles. The maximum atomic E-state index is 5.88. The van der Waals surface area contributed by atoms with E-state index in [0.717, 1.165) is 23.6 Å². The molecule has 0 heterocycles. The molecule has 2 aromatic rings. The van der Waals surface area contributed by atoms with E-state index in [-0.39, 0.29) is 0 Å². The molecular formula is C15H14Cl2O. The highest BCUT2D eigenvalue weighted by Crippen LogP contribution is 2.17. The molecule has 2 aromatic carbocycles. The Hall–Kier alpha value is -1.18. The maximum Gasteiger partial charge on any atom is 0.120 e. The van der Waals surface area contributed by atoms with Gasteiger partial charge in [-0.25, -0.2) is 0 Å². The zero-order chi connectivity index (χ0) is 12.8. The molecule has 0 spiro atoms. The highest BCUT2D eigenvalue weighted by atomic mass is 35.5. The van der Waals surface area contributed by atoms with Crippen molar-refractivity contribution in [2.75, 3.05) is 6.61 Å². The van der Waals surface area contributed by atoms with Crippen molar-refractivity contribution in [3.8, 4) is 5.75 Å². The molecule has 0 amide bonds. The van der Waals surface area contributed by atoms with Crippen LogP contribution < -0.4 is 4.74 Å². The van der Waals surface area contributed by atoms with Crippen molar-refractivity contribution >= 4 is 23.2 Å². The minimum atomic E-state index is 0.684. The van der Waals surface area contributed by atoms with E-state index in [0.29, 0.717) is 11.6 Å². The van der Waals surface area contributed by atoms with E-state index in [1.165, 1.54) is 5.56 Å². The molecule has 3 heteroatoms. The molecule has 0 bridgehead atoms. The van der Waals surface area contributed by atoms with Crippen molar-refractivity contribution in [1.29, 1.82) is 0 Å². The molecule has 0 aliphatic carbocycles. The van der Waals surface area contributed by atoms with Crippen LogP contribution in [0, 0.1) is 0 Å². The summed E-state index contributed by atoms with van der Waals surface area (Å²) in [4.78, 5) is 0. The largest absolute Gasteiger partial charge is 0.494 e. The summed E-state index contributed by atoms with van der Waals surface area (Å²) in [5.74, 6) is 0.818. The van der Waals surface area contributed by atoms with E-state index < -0.39 is 0 Å². The van der Waals surface area contributed by atoms with E-state index in [9.17, 15) is 0 Å². The lowest BCUT2D eigenvalue weighted by atomic mass is 10.1. The van der Waals surface area contributed by atoms with Crippen LogP contribution in [0.3, 0.4) is 0 Å². The fourth-order valence-electron chi connectivity index (χ4n) is 1.67.